The first kappa shape index (κ1) is 15.9. The molecule has 23 heavy (non-hydrogen) atoms. The Morgan fingerprint density at radius 2 is 1.87 bits per heavy atom. The van der Waals surface area contributed by atoms with E-state index in [1.807, 2.05) is 13.0 Å². The number of hydrogen-bond donors (Lipinski definition) is 0. The van der Waals surface area contributed by atoms with E-state index < -0.39 is 6.43 Å². The van der Waals surface area contributed by atoms with Crippen molar-refractivity contribution < 1.29 is 8.78 Å². The maximum absolute atomic E-state index is 12.5. The Morgan fingerprint density at radius 1 is 1.13 bits per heavy atom. The second-order valence-electron chi connectivity index (χ2n) is 6.20. The van der Waals surface area contributed by atoms with Gasteiger partial charge in [-0.2, -0.15) is 0 Å². The summed E-state index contributed by atoms with van der Waals surface area (Å²) in [5.41, 5.74) is 6.97. The molecule has 0 bridgehead atoms. The molecule has 2 aromatic rings. The number of halogens is 2. The van der Waals surface area contributed by atoms with E-state index >= 15 is 0 Å². The zero-order valence-corrected chi connectivity index (χ0v) is 13.4. The highest BCUT2D eigenvalue weighted by Crippen LogP contribution is 2.29. The highest BCUT2D eigenvalue weighted by Gasteiger charge is 2.14. The van der Waals surface area contributed by atoms with Crippen molar-refractivity contribution in [2.24, 2.45) is 0 Å². The lowest BCUT2D eigenvalue weighted by molar-refractivity contribution is 0.148. The lowest BCUT2D eigenvalue weighted by atomic mass is 9.88. The Bertz CT molecular complexity index is 734. The van der Waals surface area contributed by atoms with Gasteiger partial charge in [0.05, 0.1) is 6.42 Å². The molecule has 120 valence electrons. The van der Waals surface area contributed by atoms with Gasteiger partial charge in [-0.05, 0) is 60.9 Å². The Kier molecular flexibility index (Phi) is 4.56. The summed E-state index contributed by atoms with van der Waals surface area (Å²) in [6.07, 6.45) is 2.13. The summed E-state index contributed by atoms with van der Waals surface area (Å²) in [5, 5.41) is 0. The second kappa shape index (κ2) is 6.61. The minimum absolute atomic E-state index is 0.299. The number of aromatic nitrogens is 1. The van der Waals surface area contributed by atoms with Gasteiger partial charge in [0, 0.05) is 17.0 Å². The molecule has 1 aliphatic rings. The number of aryl methyl sites for hydroxylation is 3. The predicted octanol–water partition coefficient (Wildman–Crippen LogP) is 5.14. The predicted molar refractivity (Wildman–Crippen MR) is 89.9 cm³/mol. The number of benzene rings is 1. The zero-order chi connectivity index (χ0) is 16.4. The summed E-state index contributed by atoms with van der Waals surface area (Å²) in [6.45, 7) is 6.06. The van der Waals surface area contributed by atoms with Gasteiger partial charge in [0.2, 0.25) is 6.43 Å². The van der Waals surface area contributed by atoms with Gasteiger partial charge >= 0.3 is 0 Å². The van der Waals surface area contributed by atoms with Gasteiger partial charge in [-0.15, -0.1) is 0 Å². The van der Waals surface area contributed by atoms with Crippen molar-refractivity contribution in [1.82, 2.24) is 4.98 Å². The van der Waals surface area contributed by atoms with Crippen LogP contribution in [0.4, 0.5) is 8.78 Å². The molecule has 3 rings (SSSR count). The number of nitrogens with zero attached hydrogens (tertiary/aromatic N) is 1. The first-order valence-corrected chi connectivity index (χ1v) is 8.10. The molecular formula is C20H21F2N. The zero-order valence-electron chi connectivity index (χ0n) is 13.4. The van der Waals surface area contributed by atoms with Crippen LogP contribution < -0.4 is 0 Å². The van der Waals surface area contributed by atoms with Crippen molar-refractivity contribution in [2.45, 2.75) is 45.5 Å². The van der Waals surface area contributed by atoms with Crippen LogP contribution >= 0.6 is 0 Å². The van der Waals surface area contributed by atoms with Crippen LogP contribution in [0.25, 0.3) is 5.57 Å². The quantitative estimate of drug-likeness (QED) is 0.762. The van der Waals surface area contributed by atoms with E-state index in [-0.39, 0.29) is 6.42 Å². The highest BCUT2D eigenvalue weighted by molar-refractivity contribution is 5.79. The molecule has 0 aliphatic heterocycles. The van der Waals surface area contributed by atoms with Gasteiger partial charge < -0.3 is 0 Å². The van der Waals surface area contributed by atoms with Crippen LogP contribution in [0.5, 0.6) is 0 Å². The second-order valence-corrected chi connectivity index (χ2v) is 6.20. The normalized spacial score (nSPS) is 13.9. The molecule has 0 amide bonds. The molecule has 0 N–H and O–H groups in total. The van der Waals surface area contributed by atoms with E-state index in [9.17, 15) is 8.78 Å². The van der Waals surface area contributed by atoms with E-state index in [0.29, 0.717) is 5.69 Å². The maximum atomic E-state index is 12.5. The van der Waals surface area contributed by atoms with E-state index in [0.717, 1.165) is 35.2 Å². The van der Waals surface area contributed by atoms with Crippen LogP contribution in [0.1, 0.15) is 46.5 Å². The average molecular weight is 313 g/mol. The van der Waals surface area contributed by atoms with Gasteiger partial charge in [-0.1, -0.05) is 30.8 Å². The minimum atomic E-state index is -2.36. The van der Waals surface area contributed by atoms with Crippen LogP contribution in [-0.2, 0) is 19.3 Å². The van der Waals surface area contributed by atoms with E-state index in [1.165, 1.54) is 24.0 Å². The highest BCUT2D eigenvalue weighted by atomic mass is 19.3. The van der Waals surface area contributed by atoms with Crippen molar-refractivity contribution in [3.63, 3.8) is 0 Å². The Balaban J connectivity index is 1.88. The van der Waals surface area contributed by atoms with Crippen molar-refractivity contribution in [2.75, 3.05) is 0 Å². The van der Waals surface area contributed by atoms with Crippen LogP contribution in [-0.4, -0.2) is 11.4 Å². The SMILES string of the molecule is C=C(c1ccc2c(c1)CCCC2)c1ccc(CC(F)F)nc1C. The molecule has 0 saturated heterocycles. The van der Waals surface area contributed by atoms with Crippen molar-refractivity contribution in [3.8, 4) is 0 Å². The molecular weight excluding hydrogens is 292 g/mol. The molecule has 1 aromatic heterocycles. The standard InChI is InChI=1S/C20H21F2N/c1-13(16-8-7-15-5-3-4-6-17(15)11-16)19-10-9-18(12-20(21)22)23-14(19)2/h7-11,20H,1,3-6,12H2,2H3. The number of alkyl halides is 2. The lowest BCUT2D eigenvalue weighted by Gasteiger charge is -2.18. The Morgan fingerprint density at radius 3 is 2.57 bits per heavy atom. The summed E-state index contributed by atoms with van der Waals surface area (Å²) in [5.74, 6) is 0. The molecule has 1 aliphatic carbocycles. The first-order valence-electron chi connectivity index (χ1n) is 8.10. The van der Waals surface area contributed by atoms with Crippen LogP contribution in [0.3, 0.4) is 0 Å². The summed E-state index contributed by atoms with van der Waals surface area (Å²) in [7, 11) is 0. The van der Waals surface area contributed by atoms with Crippen LogP contribution in [0.15, 0.2) is 36.9 Å². The number of pyridine rings is 1. The summed E-state index contributed by atoms with van der Waals surface area (Å²) in [6, 6.07) is 10.1. The van der Waals surface area contributed by atoms with Gasteiger partial charge in [0.1, 0.15) is 0 Å². The molecule has 1 aromatic carbocycles. The molecule has 0 atom stereocenters. The molecule has 1 heterocycles. The molecule has 0 spiro atoms. The number of hydrogen-bond acceptors (Lipinski definition) is 1. The van der Waals surface area contributed by atoms with Gasteiger partial charge in [0.25, 0.3) is 0 Å². The fraction of sp³-hybridized carbons (Fsp3) is 0.350. The van der Waals surface area contributed by atoms with Crippen molar-refractivity contribution in [1.29, 1.82) is 0 Å². The fourth-order valence-electron chi connectivity index (χ4n) is 3.28. The molecule has 1 nitrogen and oxygen atoms in total. The summed E-state index contributed by atoms with van der Waals surface area (Å²) in [4.78, 5) is 4.31. The van der Waals surface area contributed by atoms with E-state index in [4.69, 9.17) is 0 Å². The number of rotatable bonds is 4. The van der Waals surface area contributed by atoms with Crippen LogP contribution in [0.2, 0.25) is 0 Å². The van der Waals surface area contributed by atoms with Crippen LogP contribution in [0, 0.1) is 6.92 Å². The average Bonchev–Trinajstić information content (AvgIpc) is 2.53. The topological polar surface area (TPSA) is 12.9 Å². The Hall–Kier alpha value is -2.03. The van der Waals surface area contributed by atoms with Crippen molar-refractivity contribution >= 4 is 5.57 Å². The van der Waals surface area contributed by atoms with E-state index in [2.05, 4.69) is 29.8 Å². The third kappa shape index (κ3) is 3.49. The lowest BCUT2D eigenvalue weighted by Crippen LogP contribution is -2.04. The van der Waals surface area contributed by atoms with Gasteiger partial charge in [-0.25, -0.2) is 8.78 Å². The van der Waals surface area contributed by atoms with Gasteiger partial charge in [0.15, 0.2) is 0 Å². The third-order valence-electron chi connectivity index (χ3n) is 4.53. The van der Waals surface area contributed by atoms with Gasteiger partial charge in [-0.3, -0.25) is 4.98 Å². The fourth-order valence-corrected chi connectivity index (χ4v) is 3.28. The summed E-state index contributed by atoms with van der Waals surface area (Å²) < 4.78 is 25.0. The monoisotopic (exact) mass is 313 g/mol. The minimum Gasteiger partial charge on any atom is -0.257 e. The largest absolute Gasteiger partial charge is 0.257 e. The Labute approximate surface area is 136 Å². The molecule has 0 unspecified atom stereocenters. The van der Waals surface area contributed by atoms with Crippen molar-refractivity contribution in [3.05, 3.63) is 70.6 Å². The molecule has 0 radical (unpaired) electrons. The summed E-state index contributed by atoms with van der Waals surface area (Å²) >= 11 is 0. The molecule has 0 saturated carbocycles. The smallest absolute Gasteiger partial charge is 0.244 e. The molecule has 3 heteroatoms. The van der Waals surface area contributed by atoms with E-state index in [1.54, 1.807) is 6.07 Å². The third-order valence-corrected chi connectivity index (χ3v) is 4.53. The number of fused-ring (bicyclic) bond motifs is 1. The first-order chi connectivity index (χ1) is 11.0. The molecule has 0 fully saturated rings. The maximum Gasteiger partial charge on any atom is 0.244 e.